The molecule has 188 valence electrons. The molecule has 0 radical (unpaired) electrons. The third kappa shape index (κ3) is 9.59. The Balaban J connectivity index is 1.74. The van der Waals surface area contributed by atoms with Crippen LogP contribution in [0.25, 0.3) is 0 Å². The minimum absolute atomic E-state index is 0.167. The van der Waals surface area contributed by atoms with Crippen LogP contribution in [0.15, 0.2) is 24.3 Å². The Morgan fingerprint density at radius 1 is 1.00 bits per heavy atom. The summed E-state index contributed by atoms with van der Waals surface area (Å²) in [6.45, 7) is 3.93. The molecular weight excluding hydrogens is 426 g/mol. The Hall–Kier alpha value is -1.71. The van der Waals surface area contributed by atoms with Gasteiger partial charge in [-0.15, -0.1) is 0 Å². The summed E-state index contributed by atoms with van der Waals surface area (Å²) in [5, 5.41) is 32.3. The number of hydrogen-bond acceptors (Lipinski definition) is 7. The maximum absolute atomic E-state index is 11.5. The highest BCUT2D eigenvalue weighted by Crippen LogP contribution is 2.23. The van der Waals surface area contributed by atoms with Crippen molar-refractivity contribution in [2.24, 2.45) is 0 Å². The van der Waals surface area contributed by atoms with E-state index in [1.807, 2.05) is 24.3 Å². The largest absolute Gasteiger partial charge is 0.494 e. The standard InChI is InChI=1S/C25H41NO7/c1-3-4-5-6-7-8-9-10-15-31-20-13-11-19(12-14-20)17-32-25-22(26-18(2)28)24(30)23(29)21(16-27)33-25/h11-14,21-25,27,29-30H,3-10,15-17H2,1-2H3,(H,26,28)/t21-,22-,23-,24-,25-/m1/s1. The Bertz CT molecular complexity index is 669. The van der Waals surface area contributed by atoms with Crippen molar-refractivity contribution in [3.8, 4) is 5.75 Å². The molecule has 8 heteroatoms. The van der Waals surface area contributed by atoms with Crippen LogP contribution in [0.3, 0.4) is 0 Å². The van der Waals surface area contributed by atoms with Crippen LogP contribution >= 0.6 is 0 Å². The lowest BCUT2D eigenvalue weighted by atomic mass is 9.97. The molecule has 0 spiro atoms. The van der Waals surface area contributed by atoms with Crippen LogP contribution in [0.2, 0.25) is 0 Å². The van der Waals surface area contributed by atoms with Gasteiger partial charge in [-0.05, 0) is 24.1 Å². The lowest BCUT2D eigenvalue weighted by molar-refractivity contribution is -0.273. The number of carbonyl (C=O) groups is 1. The summed E-state index contributed by atoms with van der Waals surface area (Å²) in [7, 11) is 0. The second-order valence-corrected chi connectivity index (χ2v) is 8.71. The molecule has 2 rings (SSSR count). The van der Waals surface area contributed by atoms with Crippen LogP contribution in [0.5, 0.6) is 5.75 Å². The van der Waals surface area contributed by atoms with Gasteiger partial charge >= 0.3 is 0 Å². The van der Waals surface area contributed by atoms with Crippen molar-refractivity contribution in [2.45, 2.75) is 102 Å². The van der Waals surface area contributed by atoms with Gasteiger partial charge in [0, 0.05) is 6.92 Å². The molecule has 5 atom stereocenters. The number of benzene rings is 1. The minimum Gasteiger partial charge on any atom is -0.494 e. The average Bonchev–Trinajstić information content (AvgIpc) is 2.81. The fourth-order valence-corrected chi connectivity index (χ4v) is 3.90. The van der Waals surface area contributed by atoms with Gasteiger partial charge < -0.3 is 34.8 Å². The average molecular weight is 468 g/mol. The first-order valence-electron chi connectivity index (χ1n) is 12.2. The van der Waals surface area contributed by atoms with E-state index in [1.54, 1.807) is 0 Å². The SMILES string of the molecule is CCCCCCCCCCOc1ccc(CO[C@@H]2O[C@H](CO)[C@@H](O)[C@H](O)[C@H]2NC(C)=O)cc1. The van der Waals surface area contributed by atoms with Crippen LogP contribution in [0.4, 0.5) is 0 Å². The minimum atomic E-state index is -1.33. The molecule has 0 unspecified atom stereocenters. The molecule has 0 bridgehead atoms. The zero-order valence-electron chi connectivity index (χ0n) is 19.9. The molecule has 1 aromatic carbocycles. The molecule has 1 amide bonds. The van der Waals surface area contributed by atoms with E-state index in [0.29, 0.717) is 6.61 Å². The maximum atomic E-state index is 11.5. The molecule has 1 aliphatic rings. The van der Waals surface area contributed by atoms with E-state index in [-0.39, 0.29) is 12.5 Å². The topological polar surface area (TPSA) is 117 Å². The number of aliphatic hydroxyl groups is 3. The summed E-state index contributed by atoms with van der Waals surface area (Å²) in [6, 6.07) is 6.58. The first-order chi connectivity index (χ1) is 16.0. The number of unbranched alkanes of at least 4 members (excludes halogenated alkanes) is 7. The summed E-state index contributed by atoms with van der Waals surface area (Å²) in [4.78, 5) is 11.5. The summed E-state index contributed by atoms with van der Waals surface area (Å²) in [5.41, 5.74) is 0.862. The Morgan fingerprint density at radius 3 is 2.24 bits per heavy atom. The van der Waals surface area contributed by atoms with Crippen molar-refractivity contribution in [3.63, 3.8) is 0 Å². The quantitative estimate of drug-likeness (QED) is 0.293. The first-order valence-corrected chi connectivity index (χ1v) is 12.2. The van der Waals surface area contributed by atoms with Crippen LogP contribution < -0.4 is 10.1 Å². The number of aliphatic hydroxyl groups excluding tert-OH is 3. The van der Waals surface area contributed by atoms with Crippen molar-refractivity contribution < 1.29 is 34.3 Å². The van der Waals surface area contributed by atoms with Crippen molar-refractivity contribution in [1.29, 1.82) is 0 Å². The number of amides is 1. The third-order valence-corrected chi connectivity index (χ3v) is 5.86. The van der Waals surface area contributed by atoms with Gasteiger partial charge in [0.05, 0.1) is 19.8 Å². The van der Waals surface area contributed by atoms with E-state index in [4.69, 9.17) is 14.2 Å². The maximum Gasteiger partial charge on any atom is 0.217 e. The number of rotatable bonds is 15. The Morgan fingerprint density at radius 2 is 1.64 bits per heavy atom. The highest BCUT2D eigenvalue weighted by atomic mass is 16.7. The zero-order chi connectivity index (χ0) is 24.1. The number of hydrogen-bond donors (Lipinski definition) is 4. The highest BCUT2D eigenvalue weighted by molar-refractivity contribution is 5.73. The van der Waals surface area contributed by atoms with Gasteiger partial charge in [0.2, 0.25) is 5.91 Å². The van der Waals surface area contributed by atoms with Gasteiger partial charge in [-0.3, -0.25) is 4.79 Å². The van der Waals surface area contributed by atoms with Gasteiger partial charge in [0.15, 0.2) is 6.29 Å². The van der Waals surface area contributed by atoms with Crippen molar-refractivity contribution >= 4 is 5.91 Å². The third-order valence-electron chi connectivity index (χ3n) is 5.86. The van der Waals surface area contributed by atoms with Gasteiger partial charge in [0.25, 0.3) is 0 Å². The number of carbonyl (C=O) groups excluding carboxylic acids is 1. The lowest BCUT2D eigenvalue weighted by Gasteiger charge is -2.42. The second kappa shape index (κ2) is 15.2. The fourth-order valence-electron chi connectivity index (χ4n) is 3.90. The number of nitrogens with one attached hydrogen (secondary N) is 1. The molecule has 8 nitrogen and oxygen atoms in total. The fraction of sp³-hybridized carbons (Fsp3) is 0.720. The summed E-state index contributed by atoms with van der Waals surface area (Å²) >= 11 is 0. The van der Waals surface area contributed by atoms with Crippen molar-refractivity contribution in [2.75, 3.05) is 13.2 Å². The molecular formula is C25H41NO7. The van der Waals surface area contributed by atoms with Crippen molar-refractivity contribution in [3.05, 3.63) is 29.8 Å². The smallest absolute Gasteiger partial charge is 0.217 e. The van der Waals surface area contributed by atoms with Gasteiger partial charge in [0.1, 0.15) is 30.1 Å². The summed E-state index contributed by atoms with van der Waals surface area (Å²) in [6.07, 6.45) is 5.42. The van der Waals surface area contributed by atoms with Crippen molar-refractivity contribution in [1.82, 2.24) is 5.32 Å². The Labute approximate surface area is 197 Å². The van der Waals surface area contributed by atoms with Gasteiger partial charge in [-0.25, -0.2) is 0 Å². The molecule has 1 fully saturated rings. The lowest BCUT2D eigenvalue weighted by Crippen LogP contribution is -2.64. The molecule has 1 saturated heterocycles. The molecule has 4 N–H and O–H groups in total. The van der Waals surface area contributed by atoms with E-state index in [1.165, 1.54) is 51.9 Å². The molecule has 1 aromatic rings. The van der Waals surface area contributed by atoms with Crippen LogP contribution in [-0.2, 0) is 20.9 Å². The van der Waals surface area contributed by atoms with Gasteiger partial charge in [-0.1, -0.05) is 64.0 Å². The van der Waals surface area contributed by atoms with Crippen LogP contribution in [-0.4, -0.2) is 65.1 Å². The predicted molar refractivity (Wildman–Crippen MR) is 125 cm³/mol. The summed E-state index contributed by atoms with van der Waals surface area (Å²) < 4.78 is 17.2. The zero-order valence-corrected chi connectivity index (χ0v) is 19.9. The molecule has 0 saturated carbocycles. The van der Waals surface area contributed by atoms with E-state index in [9.17, 15) is 20.1 Å². The van der Waals surface area contributed by atoms with Crippen LogP contribution in [0, 0.1) is 0 Å². The monoisotopic (exact) mass is 467 g/mol. The molecule has 1 aliphatic heterocycles. The van der Waals surface area contributed by atoms with E-state index >= 15 is 0 Å². The predicted octanol–water partition coefficient (Wildman–Crippen LogP) is 2.67. The summed E-state index contributed by atoms with van der Waals surface area (Å²) in [5.74, 6) is 0.412. The Kier molecular flexibility index (Phi) is 12.7. The highest BCUT2D eigenvalue weighted by Gasteiger charge is 2.45. The normalized spacial score (nSPS) is 25.1. The second-order valence-electron chi connectivity index (χ2n) is 8.71. The molecule has 33 heavy (non-hydrogen) atoms. The van der Waals surface area contributed by atoms with Gasteiger partial charge in [-0.2, -0.15) is 0 Å². The van der Waals surface area contributed by atoms with E-state index < -0.39 is 37.3 Å². The first kappa shape index (κ1) is 27.5. The van der Waals surface area contributed by atoms with E-state index in [2.05, 4.69) is 12.2 Å². The molecule has 0 aliphatic carbocycles. The number of ether oxygens (including phenoxy) is 3. The molecule has 1 heterocycles. The molecule has 0 aromatic heterocycles. The van der Waals surface area contributed by atoms with Crippen LogP contribution in [0.1, 0.15) is 70.8 Å². The van der Waals surface area contributed by atoms with E-state index in [0.717, 1.165) is 17.7 Å².